The highest BCUT2D eigenvalue weighted by atomic mass is 32.2. The second-order valence-electron chi connectivity index (χ2n) is 7.97. The summed E-state index contributed by atoms with van der Waals surface area (Å²) < 4.78 is 38.9. The Hall–Kier alpha value is -2.58. The van der Waals surface area contributed by atoms with E-state index in [-0.39, 0.29) is 30.2 Å². The number of hydrogen-bond donors (Lipinski definition) is 1. The van der Waals surface area contributed by atoms with Gasteiger partial charge >= 0.3 is 0 Å². The standard InChI is InChI=1S/C23H28N2O5S/c26-23(24-15-18-12-13-21-22(14-18)30-17-29-21)16-25(19-8-4-1-2-5-9-19)31(27,28)20-10-6-3-7-11-20/h3,6-7,10-14,19H,1-2,4-5,8-9,15-17H2,(H,24,26). The largest absolute Gasteiger partial charge is 0.454 e. The normalized spacial score (nSPS) is 16.8. The number of sulfonamides is 1. The number of carbonyl (C=O) groups is 1. The van der Waals surface area contributed by atoms with Gasteiger partial charge in [-0.15, -0.1) is 0 Å². The van der Waals surface area contributed by atoms with Crippen molar-refractivity contribution in [2.75, 3.05) is 13.3 Å². The van der Waals surface area contributed by atoms with Crippen molar-refractivity contribution in [1.29, 1.82) is 0 Å². The van der Waals surface area contributed by atoms with Crippen LogP contribution < -0.4 is 14.8 Å². The highest BCUT2D eigenvalue weighted by Gasteiger charge is 2.33. The van der Waals surface area contributed by atoms with Gasteiger partial charge in [0.15, 0.2) is 11.5 Å². The molecule has 0 atom stereocenters. The number of amides is 1. The van der Waals surface area contributed by atoms with Crippen LogP contribution in [0.25, 0.3) is 0 Å². The fourth-order valence-electron chi connectivity index (χ4n) is 4.13. The Morgan fingerprint density at radius 3 is 2.42 bits per heavy atom. The quantitative estimate of drug-likeness (QED) is 0.662. The van der Waals surface area contributed by atoms with E-state index in [9.17, 15) is 13.2 Å². The molecule has 1 saturated carbocycles. The minimum absolute atomic E-state index is 0.163. The van der Waals surface area contributed by atoms with Crippen molar-refractivity contribution in [2.24, 2.45) is 0 Å². The summed E-state index contributed by atoms with van der Waals surface area (Å²) in [6.07, 6.45) is 5.72. The van der Waals surface area contributed by atoms with Crippen LogP contribution in [0.2, 0.25) is 0 Å². The number of nitrogens with zero attached hydrogens (tertiary/aromatic N) is 1. The Bertz CT molecular complexity index is 1000. The van der Waals surface area contributed by atoms with Gasteiger partial charge in [-0.05, 0) is 42.7 Å². The van der Waals surface area contributed by atoms with Gasteiger partial charge in [-0.3, -0.25) is 4.79 Å². The first kappa shape index (κ1) is 21.6. The molecule has 1 aliphatic heterocycles. The molecule has 1 N–H and O–H groups in total. The maximum absolute atomic E-state index is 13.4. The smallest absolute Gasteiger partial charge is 0.243 e. The summed E-state index contributed by atoms with van der Waals surface area (Å²) in [5, 5.41) is 2.86. The molecule has 8 heteroatoms. The Balaban J connectivity index is 1.48. The lowest BCUT2D eigenvalue weighted by Crippen LogP contribution is -2.46. The average Bonchev–Trinajstić information content (AvgIpc) is 3.09. The highest BCUT2D eigenvalue weighted by molar-refractivity contribution is 7.89. The van der Waals surface area contributed by atoms with E-state index in [1.54, 1.807) is 30.3 Å². The fourth-order valence-corrected chi connectivity index (χ4v) is 5.80. The second-order valence-corrected chi connectivity index (χ2v) is 9.86. The van der Waals surface area contributed by atoms with Crippen LogP contribution in [0.5, 0.6) is 11.5 Å². The van der Waals surface area contributed by atoms with Gasteiger partial charge in [-0.1, -0.05) is 49.9 Å². The lowest BCUT2D eigenvalue weighted by Gasteiger charge is -2.30. The molecule has 0 spiro atoms. The molecule has 31 heavy (non-hydrogen) atoms. The van der Waals surface area contributed by atoms with Crippen molar-refractivity contribution in [3.05, 3.63) is 54.1 Å². The molecular formula is C23H28N2O5S. The highest BCUT2D eigenvalue weighted by Crippen LogP contribution is 2.32. The van der Waals surface area contributed by atoms with Crippen LogP contribution >= 0.6 is 0 Å². The van der Waals surface area contributed by atoms with Crippen LogP contribution in [0.15, 0.2) is 53.4 Å². The number of ether oxygens (including phenoxy) is 2. The average molecular weight is 445 g/mol. The molecule has 166 valence electrons. The summed E-state index contributed by atoms with van der Waals surface area (Å²) in [5.41, 5.74) is 0.865. The molecule has 0 aromatic heterocycles. The van der Waals surface area contributed by atoms with Gasteiger partial charge in [-0.2, -0.15) is 4.31 Å². The third-order valence-corrected chi connectivity index (χ3v) is 7.72. The minimum Gasteiger partial charge on any atom is -0.454 e. The van der Waals surface area contributed by atoms with Crippen molar-refractivity contribution in [2.45, 2.75) is 56.0 Å². The molecule has 1 amide bonds. The minimum atomic E-state index is -3.77. The molecule has 0 radical (unpaired) electrons. The van der Waals surface area contributed by atoms with Crippen molar-refractivity contribution in [3.63, 3.8) is 0 Å². The van der Waals surface area contributed by atoms with E-state index in [1.807, 2.05) is 18.2 Å². The first-order valence-electron chi connectivity index (χ1n) is 10.8. The third kappa shape index (κ3) is 5.19. The Morgan fingerprint density at radius 2 is 1.68 bits per heavy atom. The van der Waals surface area contributed by atoms with Crippen molar-refractivity contribution >= 4 is 15.9 Å². The zero-order valence-electron chi connectivity index (χ0n) is 17.5. The van der Waals surface area contributed by atoms with Crippen LogP contribution in [-0.4, -0.2) is 38.0 Å². The molecule has 2 aromatic carbocycles. The van der Waals surface area contributed by atoms with Gasteiger partial charge < -0.3 is 14.8 Å². The predicted octanol–water partition coefficient (Wildman–Crippen LogP) is 3.45. The van der Waals surface area contributed by atoms with Crippen molar-refractivity contribution in [1.82, 2.24) is 9.62 Å². The Kier molecular flexibility index (Phi) is 6.77. The van der Waals surface area contributed by atoms with Crippen LogP contribution in [0.4, 0.5) is 0 Å². The molecule has 1 aliphatic carbocycles. The van der Waals surface area contributed by atoms with E-state index >= 15 is 0 Å². The number of nitrogens with one attached hydrogen (secondary N) is 1. The molecule has 0 unspecified atom stereocenters. The van der Waals surface area contributed by atoms with E-state index < -0.39 is 10.0 Å². The summed E-state index contributed by atoms with van der Waals surface area (Å²) >= 11 is 0. The second kappa shape index (κ2) is 9.70. The summed E-state index contributed by atoms with van der Waals surface area (Å²) in [5.74, 6) is 1.02. The van der Waals surface area contributed by atoms with Gasteiger partial charge in [0.1, 0.15) is 0 Å². The van der Waals surface area contributed by atoms with Gasteiger partial charge in [0.2, 0.25) is 22.7 Å². The SMILES string of the molecule is O=C(CN(C1CCCCCC1)S(=O)(=O)c1ccccc1)NCc1ccc2c(c1)OCO2. The molecule has 0 saturated heterocycles. The molecule has 2 aromatic rings. The summed E-state index contributed by atoms with van der Waals surface area (Å²) in [4.78, 5) is 13.0. The van der Waals surface area contributed by atoms with E-state index in [0.29, 0.717) is 18.0 Å². The molecule has 0 bridgehead atoms. The topological polar surface area (TPSA) is 84.9 Å². The van der Waals surface area contributed by atoms with Crippen LogP contribution in [0, 0.1) is 0 Å². The predicted molar refractivity (Wildman–Crippen MR) is 116 cm³/mol. The van der Waals surface area contributed by atoms with E-state index in [0.717, 1.165) is 44.1 Å². The summed E-state index contributed by atoms with van der Waals surface area (Å²) in [6, 6.07) is 13.7. The molecular weight excluding hydrogens is 416 g/mol. The molecule has 4 rings (SSSR count). The van der Waals surface area contributed by atoms with E-state index in [1.165, 1.54) is 4.31 Å². The summed E-state index contributed by atoms with van der Waals surface area (Å²) in [6.45, 7) is 0.296. The number of fused-ring (bicyclic) bond motifs is 1. The van der Waals surface area contributed by atoms with E-state index in [4.69, 9.17) is 9.47 Å². The molecule has 2 aliphatic rings. The van der Waals surface area contributed by atoms with E-state index in [2.05, 4.69) is 5.32 Å². The van der Waals surface area contributed by atoms with Crippen LogP contribution in [0.1, 0.15) is 44.1 Å². The van der Waals surface area contributed by atoms with Gasteiger partial charge in [-0.25, -0.2) is 8.42 Å². The number of hydrogen-bond acceptors (Lipinski definition) is 5. The van der Waals surface area contributed by atoms with Crippen LogP contribution in [0.3, 0.4) is 0 Å². The first-order valence-corrected chi connectivity index (χ1v) is 12.2. The van der Waals surface area contributed by atoms with Crippen LogP contribution in [-0.2, 0) is 21.4 Å². The Labute approximate surface area is 183 Å². The lowest BCUT2D eigenvalue weighted by atomic mass is 10.1. The zero-order valence-corrected chi connectivity index (χ0v) is 18.3. The number of rotatable bonds is 7. The molecule has 7 nitrogen and oxygen atoms in total. The molecule has 1 fully saturated rings. The molecule has 1 heterocycles. The maximum atomic E-state index is 13.4. The maximum Gasteiger partial charge on any atom is 0.243 e. The van der Waals surface area contributed by atoms with Crippen molar-refractivity contribution in [3.8, 4) is 11.5 Å². The first-order chi connectivity index (χ1) is 15.0. The van der Waals surface area contributed by atoms with Gasteiger partial charge in [0.25, 0.3) is 0 Å². The fraction of sp³-hybridized carbons (Fsp3) is 0.435. The monoisotopic (exact) mass is 444 g/mol. The van der Waals surface area contributed by atoms with Gasteiger partial charge in [0.05, 0.1) is 11.4 Å². The lowest BCUT2D eigenvalue weighted by molar-refractivity contribution is -0.121. The summed E-state index contributed by atoms with van der Waals surface area (Å²) in [7, 11) is -3.77. The van der Waals surface area contributed by atoms with Gasteiger partial charge in [0, 0.05) is 12.6 Å². The Morgan fingerprint density at radius 1 is 0.968 bits per heavy atom. The van der Waals surface area contributed by atoms with Crippen molar-refractivity contribution < 1.29 is 22.7 Å². The third-order valence-electron chi connectivity index (χ3n) is 5.81. The zero-order chi connectivity index (χ0) is 21.7. The number of carbonyl (C=O) groups excluding carboxylic acids is 1. The number of benzene rings is 2.